The number of benzene rings is 1. The SMILES string of the molecule is CN(C(=O)OC(C)(C)C)C1CN(Cc2ccnc(-c3ccc4c(c3)CN(C3CCC(=O)NC3=O)C4=O)c2)C1. The van der Waals surface area contributed by atoms with Crippen LogP contribution in [0.25, 0.3) is 11.3 Å². The summed E-state index contributed by atoms with van der Waals surface area (Å²) >= 11 is 0. The van der Waals surface area contributed by atoms with Crippen LogP contribution < -0.4 is 5.32 Å². The molecule has 0 aliphatic carbocycles. The molecule has 3 aliphatic rings. The molecule has 4 heterocycles. The van der Waals surface area contributed by atoms with E-state index in [-0.39, 0.29) is 30.4 Å². The molecule has 0 radical (unpaired) electrons. The number of piperidine rings is 1. The Morgan fingerprint density at radius 1 is 1.16 bits per heavy atom. The lowest BCUT2D eigenvalue weighted by Gasteiger charge is -2.44. The zero-order valence-corrected chi connectivity index (χ0v) is 22.2. The predicted molar refractivity (Wildman–Crippen MR) is 139 cm³/mol. The van der Waals surface area contributed by atoms with E-state index in [0.717, 1.165) is 42.0 Å². The Morgan fingerprint density at radius 3 is 2.63 bits per heavy atom. The third kappa shape index (κ3) is 5.26. The summed E-state index contributed by atoms with van der Waals surface area (Å²) in [5, 5.41) is 2.33. The Labute approximate surface area is 221 Å². The molecule has 1 N–H and O–H groups in total. The van der Waals surface area contributed by atoms with Gasteiger partial charge in [0.15, 0.2) is 0 Å². The molecule has 4 amide bonds. The fourth-order valence-corrected chi connectivity index (χ4v) is 5.12. The molecule has 1 aromatic heterocycles. The fraction of sp³-hybridized carbons (Fsp3) is 0.464. The van der Waals surface area contributed by atoms with Crippen LogP contribution in [0.1, 0.15) is 55.1 Å². The van der Waals surface area contributed by atoms with Crippen LogP contribution in [-0.4, -0.2) is 81.3 Å². The first-order valence-electron chi connectivity index (χ1n) is 12.9. The van der Waals surface area contributed by atoms with Crippen LogP contribution in [0, 0.1) is 0 Å². The molecular weight excluding hydrogens is 486 g/mol. The molecule has 0 spiro atoms. The average molecular weight is 520 g/mol. The number of hydrogen-bond donors (Lipinski definition) is 1. The van der Waals surface area contributed by atoms with Gasteiger partial charge in [0.05, 0.1) is 11.7 Å². The maximum atomic E-state index is 13.0. The van der Waals surface area contributed by atoms with Gasteiger partial charge in [0, 0.05) is 57.0 Å². The standard InChI is InChI=1S/C28H33N5O5/c1-28(2,3)38-27(37)31(4)20-15-32(16-20)13-17-9-10-29-22(11-17)18-5-6-21-19(12-18)14-33(26(21)36)23-7-8-24(34)30-25(23)35/h5-6,9-12,20,23H,7-8,13-16H2,1-4H3,(H,30,34,35). The lowest BCUT2D eigenvalue weighted by Crippen LogP contribution is -2.59. The first kappa shape index (κ1) is 25.8. The van der Waals surface area contributed by atoms with Crippen LogP contribution in [0.15, 0.2) is 36.5 Å². The van der Waals surface area contributed by atoms with Crippen LogP contribution in [-0.2, 0) is 27.4 Å². The van der Waals surface area contributed by atoms with E-state index < -0.39 is 17.6 Å². The van der Waals surface area contributed by atoms with Gasteiger partial charge >= 0.3 is 6.09 Å². The van der Waals surface area contributed by atoms with E-state index in [1.807, 2.05) is 45.0 Å². The second-order valence-electron chi connectivity index (χ2n) is 11.3. The maximum absolute atomic E-state index is 13.0. The molecule has 2 saturated heterocycles. The van der Waals surface area contributed by atoms with Gasteiger partial charge in [-0.2, -0.15) is 0 Å². The van der Waals surface area contributed by atoms with Crippen LogP contribution >= 0.6 is 0 Å². The van der Waals surface area contributed by atoms with Crippen LogP contribution in [0.5, 0.6) is 0 Å². The summed E-state index contributed by atoms with van der Waals surface area (Å²) in [6, 6.07) is 9.14. The molecule has 10 heteroatoms. The summed E-state index contributed by atoms with van der Waals surface area (Å²) in [6.07, 6.45) is 2.04. The Hall–Kier alpha value is -3.79. The topological polar surface area (TPSA) is 112 Å². The molecule has 1 atom stereocenters. The predicted octanol–water partition coefficient (Wildman–Crippen LogP) is 2.56. The lowest BCUT2D eigenvalue weighted by molar-refractivity contribution is -0.136. The number of carbonyl (C=O) groups excluding carboxylic acids is 4. The van der Waals surface area contributed by atoms with Gasteiger partial charge in [0.1, 0.15) is 11.6 Å². The van der Waals surface area contributed by atoms with Gasteiger partial charge in [-0.3, -0.25) is 29.6 Å². The van der Waals surface area contributed by atoms with E-state index in [1.54, 1.807) is 29.1 Å². The molecule has 38 heavy (non-hydrogen) atoms. The van der Waals surface area contributed by atoms with Crippen molar-refractivity contribution in [2.24, 2.45) is 0 Å². The molecule has 10 nitrogen and oxygen atoms in total. The number of pyridine rings is 1. The Morgan fingerprint density at radius 2 is 1.92 bits per heavy atom. The summed E-state index contributed by atoms with van der Waals surface area (Å²) in [4.78, 5) is 59.1. The molecule has 2 aromatic rings. The van der Waals surface area contributed by atoms with Crippen molar-refractivity contribution in [1.82, 2.24) is 25.0 Å². The first-order valence-corrected chi connectivity index (χ1v) is 12.9. The number of imide groups is 1. The van der Waals surface area contributed by atoms with Crippen LogP contribution in [0.3, 0.4) is 0 Å². The highest BCUT2D eigenvalue weighted by molar-refractivity contribution is 6.05. The van der Waals surface area contributed by atoms with Gasteiger partial charge < -0.3 is 14.5 Å². The zero-order valence-electron chi connectivity index (χ0n) is 22.2. The van der Waals surface area contributed by atoms with Crippen molar-refractivity contribution in [2.75, 3.05) is 20.1 Å². The summed E-state index contributed by atoms with van der Waals surface area (Å²) in [5.41, 5.74) is 3.72. The number of likely N-dealkylation sites (tertiary alicyclic amines) is 1. The number of hydrogen-bond acceptors (Lipinski definition) is 7. The van der Waals surface area contributed by atoms with Gasteiger partial charge in [0.2, 0.25) is 11.8 Å². The second-order valence-corrected chi connectivity index (χ2v) is 11.3. The normalized spacial score (nSPS) is 20.2. The number of fused-ring (bicyclic) bond motifs is 1. The first-order chi connectivity index (χ1) is 18.0. The van der Waals surface area contributed by atoms with Gasteiger partial charge in [-0.15, -0.1) is 0 Å². The van der Waals surface area contributed by atoms with Crippen LogP contribution in [0.4, 0.5) is 4.79 Å². The minimum Gasteiger partial charge on any atom is -0.444 e. The number of likely N-dealkylation sites (N-methyl/N-ethyl adjacent to an activating group) is 1. The zero-order chi connectivity index (χ0) is 27.2. The van der Waals surface area contributed by atoms with Crippen molar-refractivity contribution in [2.45, 2.75) is 64.4 Å². The summed E-state index contributed by atoms with van der Waals surface area (Å²) in [5.74, 6) is -0.901. The molecule has 1 unspecified atom stereocenters. The molecular formula is C28H33N5O5. The third-order valence-corrected chi connectivity index (χ3v) is 7.22. The highest BCUT2D eigenvalue weighted by atomic mass is 16.6. The third-order valence-electron chi connectivity index (χ3n) is 7.22. The van der Waals surface area contributed by atoms with Crippen molar-refractivity contribution in [3.63, 3.8) is 0 Å². The number of aromatic nitrogens is 1. The summed E-state index contributed by atoms with van der Waals surface area (Å²) < 4.78 is 5.47. The molecule has 0 bridgehead atoms. The molecule has 1 aromatic carbocycles. The smallest absolute Gasteiger partial charge is 0.410 e. The maximum Gasteiger partial charge on any atom is 0.410 e. The average Bonchev–Trinajstić information content (AvgIpc) is 3.15. The summed E-state index contributed by atoms with van der Waals surface area (Å²) in [6.45, 7) is 8.19. The van der Waals surface area contributed by atoms with Crippen molar-refractivity contribution in [1.29, 1.82) is 0 Å². The van der Waals surface area contributed by atoms with E-state index in [1.165, 1.54) is 0 Å². The number of rotatable bonds is 5. The number of ether oxygens (including phenoxy) is 1. The minimum atomic E-state index is -0.632. The highest BCUT2D eigenvalue weighted by Gasteiger charge is 2.39. The number of carbonyl (C=O) groups is 4. The Kier molecular flexibility index (Phi) is 6.68. The number of nitrogens with one attached hydrogen (secondary N) is 1. The van der Waals surface area contributed by atoms with E-state index in [9.17, 15) is 19.2 Å². The van der Waals surface area contributed by atoms with Crippen molar-refractivity contribution < 1.29 is 23.9 Å². The quantitative estimate of drug-likeness (QED) is 0.604. The van der Waals surface area contributed by atoms with Gasteiger partial charge in [-0.25, -0.2) is 4.79 Å². The highest BCUT2D eigenvalue weighted by Crippen LogP contribution is 2.31. The van der Waals surface area contributed by atoms with Gasteiger partial charge in [-0.05, 0) is 62.6 Å². The number of nitrogens with zero attached hydrogens (tertiary/aromatic N) is 4. The van der Waals surface area contributed by atoms with Crippen LogP contribution in [0.2, 0.25) is 0 Å². The van der Waals surface area contributed by atoms with E-state index in [2.05, 4.69) is 15.2 Å². The van der Waals surface area contributed by atoms with E-state index in [4.69, 9.17) is 4.74 Å². The molecule has 200 valence electrons. The molecule has 3 aliphatic heterocycles. The molecule has 2 fully saturated rings. The Bertz CT molecular complexity index is 1300. The second kappa shape index (κ2) is 9.83. The summed E-state index contributed by atoms with van der Waals surface area (Å²) in [7, 11) is 1.78. The fourth-order valence-electron chi connectivity index (χ4n) is 5.12. The van der Waals surface area contributed by atoms with Crippen molar-refractivity contribution in [3.05, 3.63) is 53.2 Å². The van der Waals surface area contributed by atoms with E-state index >= 15 is 0 Å². The van der Waals surface area contributed by atoms with E-state index in [0.29, 0.717) is 18.5 Å². The lowest BCUT2D eigenvalue weighted by atomic mass is 10.0. The molecule has 5 rings (SSSR count). The monoisotopic (exact) mass is 519 g/mol. The number of amides is 4. The Balaban J connectivity index is 1.22. The largest absolute Gasteiger partial charge is 0.444 e. The van der Waals surface area contributed by atoms with Gasteiger partial charge in [-0.1, -0.05) is 6.07 Å². The van der Waals surface area contributed by atoms with Crippen molar-refractivity contribution >= 4 is 23.8 Å². The van der Waals surface area contributed by atoms with Gasteiger partial charge in [0.25, 0.3) is 5.91 Å². The molecule has 0 saturated carbocycles. The van der Waals surface area contributed by atoms with Crippen molar-refractivity contribution in [3.8, 4) is 11.3 Å². The minimum absolute atomic E-state index is 0.118.